The average Bonchev–Trinajstić information content (AvgIpc) is 3.05. The Balaban J connectivity index is 0.00000450. The number of hydrogen-bond donors (Lipinski definition) is 3. The van der Waals surface area contributed by atoms with Crippen LogP contribution in [0.2, 0.25) is 5.28 Å². The Morgan fingerprint density at radius 1 is 0.683 bits per heavy atom. The Bertz CT molecular complexity index is 3030. The van der Waals surface area contributed by atoms with Crippen molar-refractivity contribution in [2.24, 2.45) is 10.2 Å². The summed E-state index contributed by atoms with van der Waals surface area (Å²) in [6, 6.07) is 10.6. The van der Waals surface area contributed by atoms with Crippen molar-refractivity contribution >= 4 is 108 Å². The van der Waals surface area contributed by atoms with Gasteiger partial charge < -0.3 is 29.4 Å². The van der Waals surface area contributed by atoms with E-state index in [0.29, 0.717) is 18.2 Å². The summed E-state index contributed by atoms with van der Waals surface area (Å²) in [5, 5.41) is 24.3. The van der Waals surface area contributed by atoms with Gasteiger partial charge in [-0.1, -0.05) is 23.9 Å². The quantitative estimate of drug-likeness (QED) is 0.0528. The maximum atomic E-state index is 14.0. The first-order valence-corrected chi connectivity index (χ1v) is 22.0. The molecule has 5 rings (SSSR count). The van der Waals surface area contributed by atoms with E-state index in [1.54, 1.807) is 0 Å². The summed E-state index contributed by atoms with van der Waals surface area (Å²) < 4.78 is 168. The molecule has 0 amide bonds. The van der Waals surface area contributed by atoms with Gasteiger partial charge in [0.25, 0.3) is 0 Å². The van der Waals surface area contributed by atoms with E-state index in [9.17, 15) is 60.9 Å². The average molecular weight is 984 g/mol. The van der Waals surface area contributed by atoms with Crippen LogP contribution in [-0.2, 0) is 54.8 Å². The summed E-state index contributed by atoms with van der Waals surface area (Å²) >= 11 is 6.02. The summed E-state index contributed by atoms with van der Waals surface area (Å²) in [7, 11) is -25.4. The van der Waals surface area contributed by atoms with E-state index in [-0.39, 0.29) is 124 Å². The van der Waals surface area contributed by atoms with Gasteiger partial charge >= 0.3 is 129 Å². The fourth-order valence-electron chi connectivity index (χ4n) is 4.68. The summed E-state index contributed by atoms with van der Waals surface area (Å²) in [5.74, 6) is -3.48. The topological polar surface area (TPSA) is 380 Å². The van der Waals surface area contributed by atoms with Crippen molar-refractivity contribution < 1.29 is 188 Å². The second-order valence-electron chi connectivity index (χ2n) is 10.7. The number of anilines is 4. The zero-order chi connectivity index (χ0) is 41.4. The first-order valence-electron chi connectivity index (χ1n) is 14.4. The molecule has 0 bridgehead atoms. The van der Waals surface area contributed by atoms with E-state index in [0.717, 1.165) is 24.3 Å². The van der Waals surface area contributed by atoms with Gasteiger partial charge in [-0.3, -0.25) is 4.55 Å². The Morgan fingerprint density at radius 3 is 1.87 bits per heavy atom. The van der Waals surface area contributed by atoms with Crippen LogP contribution in [-0.4, -0.2) is 87.6 Å². The summed E-state index contributed by atoms with van der Waals surface area (Å²) in [5.41, 5.74) is -2.44. The second-order valence-corrected chi connectivity index (χ2v) is 18.4. The zero-order valence-electron chi connectivity index (χ0n) is 31.0. The first-order chi connectivity index (χ1) is 25.8. The van der Waals surface area contributed by atoms with Crippen LogP contribution in [0.5, 0.6) is 5.75 Å². The Labute approximate surface area is 434 Å². The second kappa shape index (κ2) is 22.3. The fraction of sp³-hybridized carbons (Fsp3) is 0.0741. The maximum Gasteiger partial charge on any atom is 1.00 e. The van der Waals surface area contributed by atoms with Crippen LogP contribution in [0, 0.1) is 0 Å². The van der Waals surface area contributed by atoms with Gasteiger partial charge in [0, 0.05) is 11.4 Å². The molecular weight excluding hydrogens is 966 g/mol. The van der Waals surface area contributed by atoms with E-state index < -0.39 is 133 Å². The zero-order valence-corrected chi connectivity index (χ0v) is 43.8. The molecule has 23 nitrogen and oxygen atoms in total. The maximum absolute atomic E-state index is 14.0. The van der Waals surface area contributed by atoms with Crippen molar-refractivity contribution in [3.05, 3.63) is 72.0 Å². The summed E-state index contributed by atoms with van der Waals surface area (Å²) in [6.07, 6.45) is 0. The molecule has 0 saturated heterocycles. The largest absolute Gasteiger partial charge is 1.00 e. The van der Waals surface area contributed by atoms with Gasteiger partial charge in [0.1, 0.15) is 36.0 Å². The number of halogens is 1. The number of fused-ring (bicyclic) bond motifs is 1. The van der Waals surface area contributed by atoms with Crippen LogP contribution in [0.1, 0.15) is 0 Å². The molecule has 0 aliphatic heterocycles. The SMILES string of the molecule is O=S(=O)(O)OCCS(=O)(=O)c1ccccc1N=Nc1c(S(=O)(=O)[O-])cc2cc(S(=O)(=O)[O-])cc(Nc3nc(Cl)nc(Nc4cccc(S(=O)(=O)[O-])c4)n3)c2c1[O-].[Na+].[Na+].[Na+].[Na+]. The molecule has 33 heteroatoms. The predicted molar refractivity (Wildman–Crippen MR) is 185 cm³/mol. The third-order valence-electron chi connectivity index (χ3n) is 6.94. The van der Waals surface area contributed by atoms with Crippen molar-refractivity contribution in [1.82, 2.24) is 15.0 Å². The minimum Gasteiger partial charge on any atom is -0.870 e. The molecule has 0 fully saturated rings. The van der Waals surface area contributed by atoms with Gasteiger partial charge in [-0.05, 0) is 70.9 Å². The molecule has 1 aromatic heterocycles. The molecule has 60 heavy (non-hydrogen) atoms. The number of azo groups is 1. The molecule has 4 aromatic carbocycles. The van der Waals surface area contributed by atoms with Gasteiger partial charge in [-0.25, -0.2) is 37.9 Å². The van der Waals surface area contributed by atoms with Crippen LogP contribution in [0.25, 0.3) is 10.8 Å². The molecule has 298 valence electrons. The molecule has 0 radical (unpaired) electrons. The van der Waals surface area contributed by atoms with E-state index in [1.165, 1.54) is 24.3 Å². The molecule has 3 N–H and O–H groups in total. The minimum absolute atomic E-state index is 0. The van der Waals surface area contributed by atoms with Crippen LogP contribution in [0.4, 0.5) is 34.6 Å². The monoisotopic (exact) mass is 983 g/mol. The van der Waals surface area contributed by atoms with Crippen LogP contribution in [0.3, 0.4) is 0 Å². The van der Waals surface area contributed by atoms with E-state index in [1.807, 2.05) is 0 Å². The number of sulfone groups is 1. The van der Waals surface area contributed by atoms with E-state index in [4.69, 9.17) is 16.2 Å². The summed E-state index contributed by atoms with van der Waals surface area (Å²) in [4.78, 5) is 7.86. The van der Waals surface area contributed by atoms with Crippen LogP contribution >= 0.6 is 11.6 Å². The number of benzene rings is 4. The Hall–Kier alpha value is -1.01. The standard InChI is InChI=1S/C27H22ClN7O16S5.4Na/c28-25-31-26(29-15-4-3-5-16(12-15)53(39,40)41)33-27(32-25)30-19-13-17(54(42,43)44)10-14-11-21(55(45,46)47)23(24(36)22(14)19)35-34-18-6-1-2-7-20(18)52(37,38)9-8-51-56(48,49)50;;;;/h1-7,10-13,36H,8-9H2,(H,39,40,41)(H,42,43,44)(H,45,46,47)(H,48,49,50)(H2,29,30,31,32,33);;;;/q;4*+1/p-4. The number of aromatic nitrogens is 3. The third-order valence-corrected chi connectivity index (χ3v) is 11.8. The van der Waals surface area contributed by atoms with Crippen molar-refractivity contribution in [1.29, 1.82) is 0 Å². The van der Waals surface area contributed by atoms with E-state index >= 15 is 0 Å². The minimum atomic E-state index is -5.67. The molecule has 0 saturated carbocycles. The number of nitrogens with one attached hydrogen (secondary N) is 2. The smallest absolute Gasteiger partial charge is 0.870 e. The molecule has 0 atom stereocenters. The normalized spacial score (nSPS) is 12.1. The fourth-order valence-corrected chi connectivity index (χ4v) is 8.17. The molecule has 0 unspecified atom stereocenters. The Kier molecular flexibility index (Phi) is 21.1. The van der Waals surface area contributed by atoms with Gasteiger partial charge in [0.2, 0.25) is 17.2 Å². The van der Waals surface area contributed by atoms with Crippen molar-refractivity contribution in [3.63, 3.8) is 0 Å². The molecule has 5 aromatic rings. The summed E-state index contributed by atoms with van der Waals surface area (Å²) in [6.45, 7) is -1.04. The molecular formula is C27H18ClN7Na4O16S5. The van der Waals surface area contributed by atoms with Crippen LogP contribution in [0.15, 0.2) is 96.5 Å². The number of nitrogens with zero attached hydrogens (tertiary/aromatic N) is 5. The molecule has 1 heterocycles. The van der Waals surface area contributed by atoms with Crippen molar-refractivity contribution in [2.75, 3.05) is 23.0 Å². The third kappa shape index (κ3) is 15.0. The predicted octanol–water partition coefficient (Wildman–Crippen LogP) is -10.0. The van der Waals surface area contributed by atoms with Gasteiger partial charge in [0.05, 0.1) is 37.6 Å². The van der Waals surface area contributed by atoms with Crippen molar-refractivity contribution in [2.45, 2.75) is 19.6 Å². The van der Waals surface area contributed by atoms with E-state index in [2.05, 4.69) is 40.0 Å². The van der Waals surface area contributed by atoms with Gasteiger partial charge in [-0.2, -0.15) is 23.4 Å². The number of rotatable bonds is 14. The molecule has 0 aliphatic carbocycles. The Morgan fingerprint density at radius 2 is 1.28 bits per heavy atom. The van der Waals surface area contributed by atoms with Crippen molar-refractivity contribution in [3.8, 4) is 5.75 Å². The number of hydrogen-bond acceptors (Lipinski definition) is 22. The van der Waals surface area contributed by atoms with Crippen LogP contribution < -0.4 is 134 Å². The molecule has 0 spiro atoms. The molecule has 0 aliphatic rings. The van der Waals surface area contributed by atoms with Gasteiger partial charge in [0.15, 0.2) is 9.84 Å². The first kappa shape index (κ1) is 57.0. The van der Waals surface area contributed by atoms with Gasteiger partial charge in [-0.15, -0.1) is 10.2 Å².